The maximum absolute atomic E-state index is 13.1. The second-order valence-electron chi connectivity index (χ2n) is 7.04. The predicted molar refractivity (Wildman–Crippen MR) is 96.5 cm³/mol. The zero-order valence-corrected chi connectivity index (χ0v) is 15.1. The van der Waals surface area contributed by atoms with Gasteiger partial charge in [-0.25, -0.2) is 0 Å². The molecule has 2 fully saturated rings. The van der Waals surface area contributed by atoms with Crippen LogP contribution >= 0.6 is 0 Å². The van der Waals surface area contributed by atoms with Crippen molar-refractivity contribution < 1.29 is 24.2 Å². The van der Waals surface area contributed by atoms with Gasteiger partial charge in [0.2, 0.25) is 0 Å². The fourth-order valence-electron chi connectivity index (χ4n) is 3.73. The van der Waals surface area contributed by atoms with Crippen molar-refractivity contribution in [3.8, 4) is 5.75 Å². The largest absolute Gasteiger partial charge is 0.490 e. The van der Waals surface area contributed by atoms with Gasteiger partial charge in [-0.15, -0.1) is 0 Å². The van der Waals surface area contributed by atoms with Gasteiger partial charge >= 0.3 is 5.97 Å². The first-order chi connectivity index (χ1) is 12.6. The molecule has 1 aromatic carbocycles. The van der Waals surface area contributed by atoms with Crippen molar-refractivity contribution in [2.75, 3.05) is 19.8 Å². The van der Waals surface area contributed by atoms with E-state index in [0.717, 1.165) is 25.7 Å². The summed E-state index contributed by atoms with van der Waals surface area (Å²) in [6, 6.07) is 7.29. The van der Waals surface area contributed by atoms with Crippen LogP contribution in [-0.4, -0.2) is 53.8 Å². The standard InChI is InChI=1S/C20H27NO5/c22-19(23)8-11-21(16-9-12-25-13-10-16)20(24)15-4-3-7-18(14-15)26-17-5-1-2-6-17/h3-4,7,14,16-17H,1-2,5-6,8-13H2,(H,22,23). The molecule has 1 aliphatic carbocycles. The highest BCUT2D eigenvalue weighted by Crippen LogP contribution is 2.25. The maximum Gasteiger partial charge on any atom is 0.305 e. The first-order valence-electron chi connectivity index (χ1n) is 9.50. The van der Waals surface area contributed by atoms with Crippen LogP contribution in [0, 0.1) is 0 Å². The normalized spacial score (nSPS) is 18.6. The fraction of sp³-hybridized carbons (Fsp3) is 0.600. The molecular formula is C20H27NO5. The zero-order chi connectivity index (χ0) is 18.4. The number of carboxylic acids is 1. The lowest BCUT2D eigenvalue weighted by molar-refractivity contribution is -0.137. The summed E-state index contributed by atoms with van der Waals surface area (Å²) < 4.78 is 11.4. The Bertz CT molecular complexity index is 620. The van der Waals surface area contributed by atoms with E-state index in [-0.39, 0.29) is 31.0 Å². The molecule has 0 spiro atoms. The van der Waals surface area contributed by atoms with Gasteiger partial charge < -0.3 is 19.5 Å². The number of aliphatic carboxylic acids is 1. The Balaban J connectivity index is 1.72. The predicted octanol–water partition coefficient (Wildman–Crippen LogP) is 3.10. The third kappa shape index (κ3) is 4.97. The van der Waals surface area contributed by atoms with Crippen LogP contribution in [0.4, 0.5) is 0 Å². The van der Waals surface area contributed by atoms with Crippen LogP contribution in [0.3, 0.4) is 0 Å². The van der Waals surface area contributed by atoms with Crippen LogP contribution in [-0.2, 0) is 9.53 Å². The van der Waals surface area contributed by atoms with Crippen LogP contribution in [0.1, 0.15) is 55.3 Å². The van der Waals surface area contributed by atoms with Gasteiger partial charge in [-0.3, -0.25) is 9.59 Å². The summed E-state index contributed by atoms with van der Waals surface area (Å²) in [5.74, 6) is -0.309. The van der Waals surface area contributed by atoms with Gasteiger partial charge in [-0.05, 0) is 56.7 Å². The number of benzene rings is 1. The van der Waals surface area contributed by atoms with Gasteiger partial charge in [0, 0.05) is 31.4 Å². The molecule has 142 valence electrons. The molecule has 1 heterocycles. The molecule has 0 aromatic heterocycles. The van der Waals surface area contributed by atoms with Crippen molar-refractivity contribution in [1.82, 2.24) is 4.90 Å². The van der Waals surface area contributed by atoms with E-state index in [2.05, 4.69) is 0 Å². The van der Waals surface area contributed by atoms with E-state index in [1.807, 2.05) is 12.1 Å². The Morgan fingerprint density at radius 3 is 2.58 bits per heavy atom. The number of nitrogens with zero attached hydrogens (tertiary/aromatic N) is 1. The molecule has 0 bridgehead atoms. The molecule has 3 rings (SSSR count). The van der Waals surface area contributed by atoms with Crippen LogP contribution in [0.2, 0.25) is 0 Å². The minimum Gasteiger partial charge on any atom is -0.490 e. The molecule has 0 atom stereocenters. The number of carbonyl (C=O) groups is 2. The van der Waals surface area contributed by atoms with E-state index in [9.17, 15) is 9.59 Å². The summed E-state index contributed by atoms with van der Waals surface area (Å²) >= 11 is 0. The number of hydrogen-bond acceptors (Lipinski definition) is 4. The van der Waals surface area contributed by atoms with Gasteiger partial charge in [-0.2, -0.15) is 0 Å². The van der Waals surface area contributed by atoms with Crippen LogP contribution in [0.25, 0.3) is 0 Å². The highest BCUT2D eigenvalue weighted by Gasteiger charge is 2.27. The van der Waals surface area contributed by atoms with Gasteiger partial charge in [0.1, 0.15) is 5.75 Å². The molecular weight excluding hydrogens is 334 g/mol. The number of amides is 1. The second kappa shape index (κ2) is 9.03. The third-order valence-electron chi connectivity index (χ3n) is 5.14. The summed E-state index contributed by atoms with van der Waals surface area (Å²) in [4.78, 5) is 25.8. The third-order valence-corrected chi connectivity index (χ3v) is 5.14. The topological polar surface area (TPSA) is 76.1 Å². The van der Waals surface area contributed by atoms with E-state index in [4.69, 9.17) is 14.6 Å². The molecule has 6 nitrogen and oxygen atoms in total. The summed E-state index contributed by atoms with van der Waals surface area (Å²) in [6.45, 7) is 1.42. The summed E-state index contributed by atoms with van der Waals surface area (Å²) in [6.07, 6.45) is 6.16. The first-order valence-corrected chi connectivity index (χ1v) is 9.50. The SMILES string of the molecule is O=C(O)CCN(C(=O)c1cccc(OC2CCCC2)c1)C1CCOCC1. The van der Waals surface area contributed by atoms with E-state index >= 15 is 0 Å². The molecule has 1 N–H and O–H groups in total. The Labute approximate surface area is 154 Å². The molecule has 1 amide bonds. The van der Waals surface area contributed by atoms with Crippen molar-refractivity contribution in [1.29, 1.82) is 0 Å². The molecule has 2 aliphatic rings. The quantitative estimate of drug-likeness (QED) is 0.808. The summed E-state index contributed by atoms with van der Waals surface area (Å²) in [5, 5.41) is 9.03. The summed E-state index contributed by atoms with van der Waals surface area (Å²) in [7, 11) is 0. The molecule has 6 heteroatoms. The number of rotatable bonds is 7. The monoisotopic (exact) mass is 361 g/mol. The van der Waals surface area contributed by atoms with E-state index < -0.39 is 5.97 Å². The van der Waals surface area contributed by atoms with Crippen LogP contribution in [0.15, 0.2) is 24.3 Å². The summed E-state index contributed by atoms with van der Waals surface area (Å²) in [5.41, 5.74) is 0.553. The number of ether oxygens (including phenoxy) is 2. The van der Waals surface area contributed by atoms with Gasteiger partial charge in [0.25, 0.3) is 5.91 Å². The second-order valence-corrected chi connectivity index (χ2v) is 7.04. The van der Waals surface area contributed by atoms with Crippen LogP contribution in [0.5, 0.6) is 5.75 Å². The molecule has 0 unspecified atom stereocenters. The fourth-order valence-corrected chi connectivity index (χ4v) is 3.73. The average molecular weight is 361 g/mol. The van der Waals surface area contributed by atoms with E-state index in [0.29, 0.717) is 24.5 Å². The number of hydrogen-bond donors (Lipinski definition) is 1. The first kappa shape index (κ1) is 18.7. The van der Waals surface area contributed by atoms with Crippen molar-refractivity contribution in [2.45, 2.75) is 57.1 Å². The van der Waals surface area contributed by atoms with Crippen molar-refractivity contribution >= 4 is 11.9 Å². The lowest BCUT2D eigenvalue weighted by Gasteiger charge is -2.34. The lowest BCUT2D eigenvalue weighted by atomic mass is 10.0. The van der Waals surface area contributed by atoms with Crippen molar-refractivity contribution in [3.05, 3.63) is 29.8 Å². The highest BCUT2D eigenvalue weighted by atomic mass is 16.5. The molecule has 0 radical (unpaired) electrons. The molecule has 1 saturated heterocycles. The van der Waals surface area contributed by atoms with Crippen molar-refractivity contribution in [2.24, 2.45) is 0 Å². The lowest BCUT2D eigenvalue weighted by Crippen LogP contribution is -2.44. The number of carbonyl (C=O) groups excluding carboxylic acids is 1. The van der Waals surface area contributed by atoms with E-state index in [1.54, 1.807) is 17.0 Å². The highest BCUT2D eigenvalue weighted by molar-refractivity contribution is 5.95. The maximum atomic E-state index is 13.1. The van der Waals surface area contributed by atoms with Gasteiger partial charge in [-0.1, -0.05) is 6.07 Å². The molecule has 26 heavy (non-hydrogen) atoms. The molecule has 1 aliphatic heterocycles. The smallest absolute Gasteiger partial charge is 0.305 e. The van der Waals surface area contributed by atoms with Crippen molar-refractivity contribution in [3.63, 3.8) is 0 Å². The average Bonchev–Trinajstić information content (AvgIpc) is 3.15. The molecule has 1 aromatic rings. The minimum atomic E-state index is -0.895. The van der Waals surface area contributed by atoms with Gasteiger partial charge in [0.15, 0.2) is 0 Å². The number of carboxylic acid groups (broad SMARTS) is 1. The Kier molecular flexibility index (Phi) is 6.50. The Morgan fingerprint density at radius 2 is 1.88 bits per heavy atom. The zero-order valence-electron chi connectivity index (χ0n) is 15.1. The van der Waals surface area contributed by atoms with Crippen LogP contribution < -0.4 is 4.74 Å². The Hall–Kier alpha value is -2.08. The minimum absolute atomic E-state index is 0.0232. The molecule has 1 saturated carbocycles. The Morgan fingerprint density at radius 1 is 1.15 bits per heavy atom. The van der Waals surface area contributed by atoms with Gasteiger partial charge in [0.05, 0.1) is 12.5 Å². The van der Waals surface area contributed by atoms with E-state index in [1.165, 1.54) is 12.8 Å².